The number of pyridine rings is 1. The van der Waals surface area contributed by atoms with E-state index in [1.807, 2.05) is 23.9 Å². The Morgan fingerprint density at radius 3 is 2.65 bits per heavy atom. The molecule has 0 radical (unpaired) electrons. The first-order valence-electron chi connectivity index (χ1n) is 6.84. The van der Waals surface area contributed by atoms with E-state index in [-0.39, 0.29) is 11.9 Å². The number of hydrogen-bond donors (Lipinski definition) is 1. The van der Waals surface area contributed by atoms with Gasteiger partial charge in [0.1, 0.15) is 5.82 Å². The zero-order valence-corrected chi connectivity index (χ0v) is 12.6. The Morgan fingerprint density at radius 1 is 1.20 bits per heavy atom. The molecule has 0 aliphatic carbocycles. The van der Waals surface area contributed by atoms with Crippen LogP contribution in [0.5, 0.6) is 0 Å². The highest BCUT2D eigenvalue weighted by Gasteiger charge is 2.12. The fourth-order valence-corrected chi connectivity index (χ4v) is 2.80. The van der Waals surface area contributed by atoms with Gasteiger partial charge >= 0.3 is 0 Å². The lowest BCUT2D eigenvalue weighted by molar-refractivity contribution is 0.614. The summed E-state index contributed by atoms with van der Waals surface area (Å²) >= 11 is 1.81. The summed E-state index contributed by atoms with van der Waals surface area (Å²) in [4.78, 5) is 5.41. The van der Waals surface area contributed by atoms with Gasteiger partial charge in [0.25, 0.3) is 0 Å². The van der Waals surface area contributed by atoms with E-state index in [0.29, 0.717) is 0 Å². The van der Waals surface area contributed by atoms with Crippen molar-refractivity contribution in [2.75, 3.05) is 11.1 Å². The maximum atomic E-state index is 13.0. The number of thioether (sulfide) groups is 1. The zero-order chi connectivity index (χ0) is 14.4. The van der Waals surface area contributed by atoms with Gasteiger partial charge in [0, 0.05) is 10.6 Å². The summed E-state index contributed by atoms with van der Waals surface area (Å²) < 4.78 is 13.0. The van der Waals surface area contributed by atoms with E-state index >= 15 is 0 Å². The van der Waals surface area contributed by atoms with E-state index in [0.717, 1.165) is 23.6 Å². The first-order chi connectivity index (χ1) is 9.74. The predicted molar refractivity (Wildman–Crippen MR) is 83.7 cm³/mol. The maximum absolute atomic E-state index is 13.0. The van der Waals surface area contributed by atoms with Crippen LogP contribution in [-0.2, 0) is 0 Å². The number of benzene rings is 1. The molecule has 4 heteroatoms. The molecule has 0 aliphatic rings. The molecule has 0 amide bonds. The van der Waals surface area contributed by atoms with Crippen LogP contribution >= 0.6 is 11.8 Å². The van der Waals surface area contributed by atoms with Crippen LogP contribution in [0.25, 0.3) is 0 Å². The smallest absolute Gasteiger partial charge is 0.141 e. The fourth-order valence-electron chi connectivity index (χ4n) is 2.03. The molecule has 1 unspecified atom stereocenters. The van der Waals surface area contributed by atoms with Gasteiger partial charge in [-0.2, -0.15) is 0 Å². The second-order valence-electron chi connectivity index (χ2n) is 4.44. The van der Waals surface area contributed by atoms with Crippen molar-refractivity contribution in [1.29, 1.82) is 0 Å². The fraction of sp³-hybridized carbons (Fsp3) is 0.312. The molecule has 0 aliphatic heterocycles. The second kappa shape index (κ2) is 7.29. The van der Waals surface area contributed by atoms with Crippen molar-refractivity contribution in [3.8, 4) is 0 Å². The van der Waals surface area contributed by atoms with E-state index in [1.54, 1.807) is 6.07 Å². The second-order valence-corrected chi connectivity index (χ2v) is 5.74. The number of hydrogen-bond acceptors (Lipinski definition) is 3. The number of nitrogens with one attached hydrogen (secondary N) is 1. The van der Waals surface area contributed by atoms with Crippen molar-refractivity contribution >= 4 is 17.4 Å². The molecule has 0 saturated carbocycles. The molecule has 0 saturated heterocycles. The third-order valence-electron chi connectivity index (χ3n) is 3.03. The molecule has 0 spiro atoms. The highest BCUT2D eigenvalue weighted by Crippen LogP contribution is 2.30. The van der Waals surface area contributed by atoms with Crippen LogP contribution in [0.1, 0.15) is 32.0 Å². The predicted octanol–water partition coefficient (Wildman–Crippen LogP) is 4.90. The lowest BCUT2D eigenvalue weighted by atomic mass is 10.1. The van der Waals surface area contributed by atoms with Crippen LogP contribution in [-0.4, -0.2) is 10.7 Å². The van der Waals surface area contributed by atoms with Gasteiger partial charge in [-0.05, 0) is 36.4 Å². The number of aromatic nitrogens is 1. The molecule has 1 atom stereocenters. The molecular weight excluding hydrogens is 271 g/mol. The van der Waals surface area contributed by atoms with E-state index in [9.17, 15) is 4.39 Å². The van der Waals surface area contributed by atoms with Crippen molar-refractivity contribution in [2.45, 2.75) is 31.2 Å². The Morgan fingerprint density at radius 2 is 2.00 bits per heavy atom. The zero-order valence-electron chi connectivity index (χ0n) is 11.8. The molecule has 0 fully saturated rings. The molecule has 2 nitrogen and oxygen atoms in total. The van der Waals surface area contributed by atoms with Crippen molar-refractivity contribution in [2.24, 2.45) is 0 Å². The van der Waals surface area contributed by atoms with Crippen LogP contribution in [0.15, 0.2) is 47.5 Å². The van der Waals surface area contributed by atoms with Crippen LogP contribution in [0.4, 0.5) is 10.1 Å². The summed E-state index contributed by atoms with van der Waals surface area (Å²) in [5, 5.41) is 3.51. The van der Waals surface area contributed by atoms with Crippen LogP contribution < -0.4 is 5.32 Å². The largest absolute Gasteiger partial charge is 0.376 e. The summed E-state index contributed by atoms with van der Waals surface area (Å²) in [5.74, 6) is 0.732. The molecule has 1 aromatic heterocycles. The lowest BCUT2D eigenvalue weighted by Crippen LogP contribution is -2.12. The molecule has 1 N–H and O–H groups in total. The monoisotopic (exact) mass is 290 g/mol. The third kappa shape index (κ3) is 3.73. The highest BCUT2D eigenvalue weighted by atomic mass is 32.2. The number of rotatable bonds is 6. The van der Waals surface area contributed by atoms with Crippen LogP contribution in [0, 0.1) is 5.82 Å². The maximum Gasteiger partial charge on any atom is 0.141 e. The molecule has 0 bridgehead atoms. The average Bonchev–Trinajstić information content (AvgIpc) is 2.48. The van der Waals surface area contributed by atoms with Crippen molar-refractivity contribution in [1.82, 2.24) is 4.98 Å². The van der Waals surface area contributed by atoms with Crippen molar-refractivity contribution in [3.63, 3.8) is 0 Å². The van der Waals surface area contributed by atoms with Gasteiger partial charge in [-0.25, -0.2) is 4.39 Å². The highest BCUT2D eigenvalue weighted by molar-refractivity contribution is 7.99. The summed E-state index contributed by atoms with van der Waals surface area (Å²) in [6, 6.07) is 11.5. The lowest BCUT2D eigenvalue weighted by Gasteiger charge is -2.19. The number of halogens is 1. The van der Waals surface area contributed by atoms with Gasteiger partial charge in [-0.3, -0.25) is 4.98 Å². The van der Waals surface area contributed by atoms with Gasteiger partial charge in [0.2, 0.25) is 0 Å². The number of nitrogens with zero attached hydrogens (tertiary/aromatic N) is 1. The minimum atomic E-state index is -0.300. The molecule has 106 valence electrons. The quantitative estimate of drug-likeness (QED) is 0.766. The van der Waals surface area contributed by atoms with E-state index < -0.39 is 0 Å². The molecular formula is C16H19FN2S. The molecule has 1 aromatic carbocycles. The number of anilines is 1. The topological polar surface area (TPSA) is 24.9 Å². The Hall–Kier alpha value is -1.55. The van der Waals surface area contributed by atoms with E-state index in [4.69, 9.17) is 0 Å². The van der Waals surface area contributed by atoms with Gasteiger partial charge in [-0.15, -0.1) is 11.8 Å². The van der Waals surface area contributed by atoms with Crippen molar-refractivity contribution in [3.05, 3.63) is 54.1 Å². The summed E-state index contributed by atoms with van der Waals surface area (Å²) in [7, 11) is 0. The first kappa shape index (κ1) is 14.9. The Kier molecular flexibility index (Phi) is 5.41. The third-order valence-corrected chi connectivity index (χ3v) is 3.99. The van der Waals surface area contributed by atoms with Crippen molar-refractivity contribution < 1.29 is 4.39 Å². The van der Waals surface area contributed by atoms with Gasteiger partial charge < -0.3 is 5.32 Å². The normalized spacial score (nSPS) is 12.2. The average molecular weight is 290 g/mol. The van der Waals surface area contributed by atoms with Gasteiger partial charge in [0.15, 0.2) is 0 Å². The minimum absolute atomic E-state index is 0.0919. The Labute approximate surface area is 123 Å². The Bertz CT molecular complexity index is 542. The standard InChI is InChI=1S/C16H19FN2S/c1-3-13(14-10-9-12(17)11-18-14)19-15-7-5-6-8-16(15)20-4-2/h5-11,13,19H,3-4H2,1-2H3. The molecule has 2 rings (SSSR count). The number of para-hydroxylation sites is 1. The minimum Gasteiger partial charge on any atom is -0.376 e. The summed E-state index contributed by atoms with van der Waals surface area (Å²) in [5.41, 5.74) is 1.97. The molecule has 2 aromatic rings. The molecule has 1 heterocycles. The van der Waals surface area contributed by atoms with Crippen LogP contribution in [0.2, 0.25) is 0 Å². The van der Waals surface area contributed by atoms with E-state index in [2.05, 4.69) is 36.3 Å². The summed E-state index contributed by atoms with van der Waals surface area (Å²) in [6.45, 7) is 4.23. The molecule has 20 heavy (non-hydrogen) atoms. The SMILES string of the molecule is CCSc1ccccc1NC(CC)c1ccc(F)cn1. The van der Waals surface area contributed by atoms with E-state index in [1.165, 1.54) is 17.2 Å². The van der Waals surface area contributed by atoms with Gasteiger partial charge in [-0.1, -0.05) is 26.0 Å². The first-order valence-corrected chi connectivity index (χ1v) is 7.83. The Balaban J connectivity index is 2.20. The van der Waals surface area contributed by atoms with Crippen LogP contribution in [0.3, 0.4) is 0 Å². The van der Waals surface area contributed by atoms with Gasteiger partial charge in [0.05, 0.1) is 17.9 Å². The summed E-state index contributed by atoms with van der Waals surface area (Å²) in [6.07, 6.45) is 2.16.